The molecule has 0 spiro atoms. The summed E-state index contributed by atoms with van der Waals surface area (Å²) < 4.78 is 1.94. The van der Waals surface area contributed by atoms with Crippen LogP contribution in [0.1, 0.15) is 52.8 Å². The Kier molecular flexibility index (Phi) is 2.66. The summed E-state index contributed by atoms with van der Waals surface area (Å²) in [6, 6.07) is 0. The molecule has 0 unspecified atom stereocenters. The zero-order chi connectivity index (χ0) is 12.9. The molecule has 0 radical (unpaired) electrons. The van der Waals surface area contributed by atoms with Gasteiger partial charge >= 0.3 is 0 Å². The third-order valence-electron chi connectivity index (χ3n) is 3.74. The van der Waals surface area contributed by atoms with Crippen LogP contribution >= 0.6 is 0 Å². The monoisotopic (exact) mass is 236 g/mol. The maximum Gasteiger partial charge on any atom is 0.140 e. The third-order valence-corrected chi connectivity index (χ3v) is 3.74. The van der Waals surface area contributed by atoms with Crippen molar-refractivity contribution in [2.75, 3.05) is 0 Å². The summed E-state index contributed by atoms with van der Waals surface area (Å²) in [5.74, 6) is 0.804. The van der Waals surface area contributed by atoms with Gasteiger partial charge in [0.15, 0.2) is 0 Å². The minimum atomic E-state index is -0.788. The van der Waals surface area contributed by atoms with Crippen LogP contribution in [0.4, 0.5) is 0 Å². The molecule has 1 heterocycles. The van der Waals surface area contributed by atoms with Crippen LogP contribution in [-0.2, 0) is 12.6 Å². The number of aromatic nitrogens is 2. The van der Waals surface area contributed by atoms with Crippen molar-refractivity contribution in [3.63, 3.8) is 0 Å². The van der Waals surface area contributed by atoms with E-state index in [0.717, 1.165) is 25.1 Å². The predicted molar refractivity (Wildman–Crippen MR) is 68.5 cm³/mol. The Hall–Kier alpha value is -0.830. The van der Waals surface area contributed by atoms with Gasteiger partial charge in [-0.15, -0.1) is 0 Å². The number of imidazole rings is 1. The first kappa shape index (κ1) is 12.6. The Morgan fingerprint density at radius 1 is 1.12 bits per heavy atom. The predicted octanol–water partition coefficient (Wildman–Crippen LogP) is 2.84. The van der Waals surface area contributed by atoms with Crippen LogP contribution in [0.25, 0.3) is 0 Å². The van der Waals surface area contributed by atoms with Crippen LogP contribution in [0.5, 0.6) is 0 Å². The number of aliphatic hydroxyl groups is 1. The normalized spacial score (nSPS) is 25.8. The van der Waals surface area contributed by atoms with Gasteiger partial charge in [-0.05, 0) is 30.1 Å². The lowest BCUT2D eigenvalue weighted by Crippen LogP contribution is -2.45. The van der Waals surface area contributed by atoms with Crippen molar-refractivity contribution in [2.45, 2.75) is 52.6 Å². The highest BCUT2D eigenvalue weighted by Gasteiger charge is 2.49. The van der Waals surface area contributed by atoms with Crippen LogP contribution in [0.2, 0.25) is 0 Å². The van der Waals surface area contributed by atoms with Gasteiger partial charge in [0.05, 0.1) is 0 Å². The van der Waals surface area contributed by atoms with Crippen LogP contribution in [0.3, 0.4) is 0 Å². The average molecular weight is 236 g/mol. The van der Waals surface area contributed by atoms with Gasteiger partial charge in [-0.3, -0.25) is 0 Å². The summed E-state index contributed by atoms with van der Waals surface area (Å²) in [7, 11) is 1.95. The maximum atomic E-state index is 11.0. The third kappa shape index (κ3) is 2.39. The molecule has 1 aliphatic carbocycles. The molecule has 1 saturated carbocycles. The van der Waals surface area contributed by atoms with Gasteiger partial charge in [-0.1, -0.05) is 27.7 Å². The maximum absolute atomic E-state index is 11.0. The fourth-order valence-electron chi connectivity index (χ4n) is 4.04. The fraction of sp³-hybridized carbons (Fsp3) is 0.786. The molecular formula is C14H24N2O. The van der Waals surface area contributed by atoms with Gasteiger partial charge in [0.2, 0.25) is 0 Å². The molecule has 0 amide bonds. The van der Waals surface area contributed by atoms with Gasteiger partial charge < -0.3 is 9.67 Å². The molecular weight excluding hydrogens is 212 g/mol. The van der Waals surface area contributed by atoms with E-state index in [-0.39, 0.29) is 10.8 Å². The standard InChI is InChI=1S/C14H24N2O/c1-12(2)8-13(3,4)10-14(17,9-12)11-15-6-7-16(11)5/h6-7,17H,8-10H2,1-5H3. The van der Waals surface area contributed by atoms with E-state index in [1.165, 1.54) is 0 Å². The summed E-state index contributed by atoms with van der Waals surface area (Å²) in [6.45, 7) is 8.95. The zero-order valence-corrected chi connectivity index (χ0v) is 11.6. The molecule has 3 nitrogen and oxygen atoms in total. The van der Waals surface area contributed by atoms with Crippen LogP contribution < -0.4 is 0 Å². The molecule has 17 heavy (non-hydrogen) atoms. The first-order valence-electron chi connectivity index (χ1n) is 6.34. The van der Waals surface area contributed by atoms with Crippen molar-refractivity contribution < 1.29 is 5.11 Å². The summed E-state index contributed by atoms with van der Waals surface area (Å²) in [6.07, 6.45) is 6.39. The van der Waals surface area contributed by atoms with E-state index in [4.69, 9.17) is 0 Å². The van der Waals surface area contributed by atoms with E-state index < -0.39 is 5.60 Å². The molecule has 0 saturated heterocycles. The van der Waals surface area contributed by atoms with Crippen molar-refractivity contribution >= 4 is 0 Å². The van der Waals surface area contributed by atoms with Gasteiger partial charge in [-0.2, -0.15) is 0 Å². The fourth-order valence-corrected chi connectivity index (χ4v) is 4.04. The molecule has 0 aromatic carbocycles. The topological polar surface area (TPSA) is 38.0 Å². The van der Waals surface area contributed by atoms with E-state index in [1.54, 1.807) is 6.20 Å². The molecule has 1 aromatic heterocycles. The largest absolute Gasteiger partial charge is 0.382 e. The lowest BCUT2D eigenvalue weighted by molar-refractivity contribution is -0.0981. The van der Waals surface area contributed by atoms with E-state index in [2.05, 4.69) is 32.7 Å². The SMILES string of the molecule is Cn1ccnc1C1(O)CC(C)(C)CC(C)(C)C1. The Labute approximate surface area is 104 Å². The second-order valence-corrected chi connectivity index (χ2v) is 7.25. The van der Waals surface area contributed by atoms with Gasteiger partial charge in [0, 0.05) is 19.4 Å². The van der Waals surface area contributed by atoms with E-state index in [0.29, 0.717) is 0 Å². The summed E-state index contributed by atoms with van der Waals surface area (Å²) in [4.78, 5) is 4.36. The molecule has 1 aromatic rings. The summed E-state index contributed by atoms with van der Waals surface area (Å²) in [5.41, 5.74) is -0.478. The molecule has 3 heteroatoms. The van der Waals surface area contributed by atoms with Crippen LogP contribution in [0.15, 0.2) is 12.4 Å². The zero-order valence-electron chi connectivity index (χ0n) is 11.6. The smallest absolute Gasteiger partial charge is 0.140 e. The summed E-state index contributed by atoms with van der Waals surface area (Å²) >= 11 is 0. The lowest BCUT2D eigenvalue weighted by Gasteiger charge is -2.49. The second kappa shape index (κ2) is 3.58. The Bertz CT molecular complexity index is 402. The van der Waals surface area contributed by atoms with Gasteiger partial charge in [0.1, 0.15) is 11.4 Å². The van der Waals surface area contributed by atoms with Gasteiger partial charge in [0.25, 0.3) is 0 Å². The first-order chi connectivity index (χ1) is 7.64. The minimum absolute atomic E-state index is 0.155. The molecule has 0 atom stereocenters. The minimum Gasteiger partial charge on any atom is -0.382 e. The van der Waals surface area contributed by atoms with Crippen molar-refractivity contribution in [3.05, 3.63) is 18.2 Å². The molecule has 0 bridgehead atoms. The number of nitrogens with zero attached hydrogens (tertiary/aromatic N) is 2. The van der Waals surface area contributed by atoms with E-state index in [9.17, 15) is 5.11 Å². The van der Waals surface area contributed by atoms with Crippen molar-refractivity contribution in [1.82, 2.24) is 9.55 Å². The number of aryl methyl sites for hydroxylation is 1. The molecule has 0 aliphatic heterocycles. The first-order valence-corrected chi connectivity index (χ1v) is 6.34. The Balaban J connectivity index is 2.41. The van der Waals surface area contributed by atoms with Crippen LogP contribution in [-0.4, -0.2) is 14.7 Å². The lowest BCUT2D eigenvalue weighted by atomic mass is 9.59. The van der Waals surface area contributed by atoms with Crippen molar-refractivity contribution in [1.29, 1.82) is 0 Å². The highest BCUT2D eigenvalue weighted by molar-refractivity contribution is 5.10. The second-order valence-electron chi connectivity index (χ2n) is 7.25. The van der Waals surface area contributed by atoms with E-state index >= 15 is 0 Å². The Morgan fingerprint density at radius 3 is 2.06 bits per heavy atom. The van der Waals surface area contributed by atoms with Crippen molar-refractivity contribution in [2.24, 2.45) is 17.9 Å². The molecule has 1 aliphatic rings. The Morgan fingerprint density at radius 2 is 1.65 bits per heavy atom. The van der Waals surface area contributed by atoms with Crippen molar-refractivity contribution in [3.8, 4) is 0 Å². The molecule has 1 fully saturated rings. The van der Waals surface area contributed by atoms with E-state index in [1.807, 2.05) is 17.8 Å². The average Bonchev–Trinajstić information content (AvgIpc) is 2.44. The number of hydrogen-bond acceptors (Lipinski definition) is 2. The number of rotatable bonds is 1. The highest BCUT2D eigenvalue weighted by atomic mass is 16.3. The quantitative estimate of drug-likeness (QED) is 0.814. The molecule has 1 N–H and O–H groups in total. The molecule has 2 rings (SSSR count). The number of hydrogen-bond donors (Lipinski definition) is 1. The highest BCUT2D eigenvalue weighted by Crippen LogP contribution is 2.53. The van der Waals surface area contributed by atoms with Gasteiger partial charge in [-0.25, -0.2) is 4.98 Å². The van der Waals surface area contributed by atoms with Crippen LogP contribution in [0, 0.1) is 10.8 Å². The molecule has 96 valence electrons. The summed E-state index contributed by atoms with van der Waals surface area (Å²) in [5, 5.41) is 11.0.